The number of carbonyl (C=O) groups is 4. The van der Waals surface area contributed by atoms with E-state index in [9.17, 15) is 29.4 Å². The maximum absolute atomic E-state index is 12.7. The molecule has 0 aromatic carbocycles. The molecule has 236 valence electrons. The van der Waals surface area contributed by atoms with Crippen molar-refractivity contribution >= 4 is 29.4 Å². The summed E-state index contributed by atoms with van der Waals surface area (Å²) in [7, 11) is 0. The molecule has 0 radical (unpaired) electrons. The number of fused-ring (bicyclic) bond motifs is 5. The van der Waals surface area contributed by atoms with Crippen LogP contribution in [-0.4, -0.2) is 63.9 Å². The zero-order valence-corrected chi connectivity index (χ0v) is 25.7. The fourth-order valence-corrected chi connectivity index (χ4v) is 8.48. The first-order chi connectivity index (χ1) is 20.1. The standard InChI is InChI=1S/C32H46N4O7/c1-6-32(42)14-11-23-21-8-7-19-15-20(9-12-30(19,4)22(21)10-13-31(23,32)5)36-43-17-26(38)35-27(18(2)3)28(39)34-24(29(40)41)16-25(33)37/h1,15,18,21-24,27,42H,7-14,16-17H2,2-5H3,(H2,33,37)(H,34,39)(H,35,38)(H,40,41)/b36-20-/t21-,22+,23+,24+,27-,30+,31+,32-/m1/s1. The van der Waals surface area contributed by atoms with Crippen molar-refractivity contribution in [3.05, 3.63) is 11.6 Å². The van der Waals surface area contributed by atoms with Crippen LogP contribution in [0.15, 0.2) is 16.8 Å². The van der Waals surface area contributed by atoms with Gasteiger partial charge in [-0.25, -0.2) is 4.79 Å². The topological polar surface area (TPSA) is 180 Å². The lowest BCUT2D eigenvalue weighted by Gasteiger charge is -2.58. The minimum atomic E-state index is -1.49. The molecule has 3 saturated carbocycles. The minimum Gasteiger partial charge on any atom is -0.480 e. The maximum atomic E-state index is 12.7. The lowest BCUT2D eigenvalue weighted by Crippen LogP contribution is -2.54. The van der Waals surface area contributed by atoms with Crippen LogP contribution >= 0.6 is 0 Å². The third kappa shape index (κ3) is 6.17. The number of aliphatic hydroxyl groups is 1. The van der Waals surface area contributed by atoms with Gasteiger partial charge in [0.25, 0.3) is 5.91 Å². The van der Waals surface area contributed by atoms with Crippen molar-refractivity contribution in [1.82, 2.24) is 10.6 Å². The molecular weight excluding hydrogens is 552 g/mol. The van der Waals surface area contributed by atoms with Crippen LogP contribution in [0.1, 0.15) is 85.5 Å². The largest absolute Gasteiger partial charge is 0.480 e. The van der Waals surface area contributed by atoms with Crippen LogP contribution in [0.4, 0.5) is 0 Å². The van der Waals surface area contributed by atoms with Gasteiger partial charge in [-0.1, -0.05) is 44.3 Å². The molecule has 0 heterocycles. The van der Waals surface area contributed by atoms with Crippen molar-refractivity contribution < 1.29 is 34.2 Å². The predicted octanol–water partition coefficient (Wildman–Crippen LogP) is 2.27. The first-order valence-electron chi connectivity index (χ1n) is 15.4. The van der Waals surface area contributed by atoms with Crippen LogP contribution in [-0.2, 0) is 24.0 Å². The number of nitrogens with two attached hydrogens (primary N) is 1. The van der Waals surface area contributed by atoms with E-state index < -0.39 is 54.4 Å². The third-order valence-corrected chi connectivity index (χ3v) is 11.0. The molecule has 3 fully saturated rings. The van der Waals surface area contributed by atoms with Gasteiger partial charge in [-0.05, 0) is 86.5 Å². The Morgan fingerprint density at radius 3 is 2.44 bits per heavy atom. The van der Waals surface area contributed by atoms with Gasteiger partial charge in [0.1, 0.15) is 17.7 Å². The van der Waals surface area contributed by atoms with E-state index in [4.69, 9.17) is 17.0 Å². The summed E-state index contributed by atoms with van der Waals surface area (Å²) in [4.78, 5) is 53.2. The Kier molecular flexibility index (Phi) is 9.31. The highest BCUT2D eigenvalue weighted by Gasteiger charge is 2.63. The minimum absolute atomic E-state index is 0.0532. The number of terminal acetylenes is 1. The number of rotatable bonds is 10. The molecular formula is C32H46N4O7. The van der Waals surface area contributed by atoms with E-state index in [1.165, 1.54) is 5.57 Å². The molecule has 0 bridgehead atoms. The first-order valence-corrected chi connectivity index (χ1v) is 15.4. The van der Waals surface area contributed by atoms with Gasteiger partial charge in [-0.15, -0.1) is 6.42 Å². The quantitative estimate of drug-likeness (QED) is 0.189. The molecule has 0 aromatic rings. The highest BCUT2D eigenvalue weighted by atomic mass is 16.6. The zero-order chi connectivity index (χ0) is 31.7. The fraction of sp³-hybridized carbons (Fsp3) is 0.719. The Bertz CT molecular complexity index is 1250. The van der Waals surface area contributed by atoms with Gasteiger partial charge in [0.2, 0.25) is 11.8 Å². The summed E-state index contributed by atoms with van der Waals surface area (Å²) < 4.78 is 0. The van der Waals surface area contributed by atoms with Crippen molar-refractivity contribution in [2.75, 3.05) is 6.61 Å². The van der Waals surface area contributed by atoms with E-state index in [1.54, 1.807) is 13.8 Å². The van der Waals surface area contributed by atoms with Crippen molar-refractivity contribution in [3.63, 3.8) is 0 Å². The number of hydrogen-bond acceptors (Lipinski definition) is 7. The molecule has 6 N–H and O–H groups in total. The van der Waals surface area contributed by atoms with Crippen LogP contribution in [0.3, 0.4) is 0 Å². The van der Waals surface area contributed by atoms with Gasteiger partial charge in [-0.2, -0.15) is 0 Å². The molecule has 4 aliphatic carbocycles. The zero-order valence-electron chi connectivity index (χ0n) is 25.7. The molecule has 0 aliphatic heterocycles. The van der Waals surface area contributed by atoms with Gasteiger partial charge in [0.05, 0.1) is 12.1 Å². The first kappa shape index (κ1) is 32.5. The predicted molar refractivity (Wildman–Crippen MR) is 159 cm³/mol. The van der Waals surface area contributed by atoms with Crippen LogP contribution in [0.25, 0.3) is 0 Å². The molecule has 0 aromatic heterocycles. The Morgan fingerprint density at radius 2 is 1.81 bits per heavy atom. The molecule has 11 nitrogen and oxygen atoms in total. The van der Waals surface area contributed by atoms with E-state index in [-0.39, 0.29) is 16.7 Å². The average Bonchev–Trinajstić information content (AvgIpc) is 3.21. The van der Waals surface area contributed by atoms with Gasteiger partial charge >= 0.3 is 5.97 Å². The highest BCUT2D eigenvalue weighted by Crippen LogP contribution is 2.67. The van der Waals surface area contributed by atoms with E-state index in [0.717, 1.165) is 44.2 Å². The number of carboxylic acid groups (broad SMARTS) is 1. The Hall–Kier alpha value is -3.39. The summed E-state index contributed by atoms with van der Waals surface area (Å²) in [6, 6.07) is -2.53. The maximum Gasteiger partial charge on any atom is 0.326 e. The van der Waals surface area contributed by atoms with Crippen LogP contribution in [0.5, 0.6) is 0 Å². The molecule has 8 atom stereocenters. The second-order valence-electron chi connectivity index (χ2n) is 13.7. The Morgan fingerprint density at radius 1 is 1.12 bits per heavy atom. The number of primary amides is 1. The van der Waals surface area contributed by atoms with Crippen LogP contribution in [0, 0.1) is 46.8 Å². The number of aliphatic carboxylic acids is 1. The fourth-order valence-electron chi connectivity index (χ4n) is 8.48. The van der Waals surface area contributed by atoms with Gasteiger partial charge in [-0.3, -0.25) is 14.4 Å². The molecule has 43 heavy (non-hydrogen) atoms. The summed E-state index contributed by atoms with van der Waals surface area (Å²) in [5, 5.41) is 29.6. The second kappa shape index (κ2) is 12.3. The molecule has 0 spiro atoms. The van der Waals surface area contributed by atoms with E-state index in [2.05, 4.69) is 41.6 Å². The number of nitrogens with zero attached hydrogens (tertiary/aromatic N) is 1. The summed E-state index contributed by atoms with van der Waals surface area (Å²) in [5.74, 6) is 0.285. The van der Waals surface area contributed by atoms with Crippen molar-refractivity contribution in [2.24, 2.45) is 45.4 Å². The lowest BCUT2D eigenvalue weighted by atomic mass is 9.46. The van der Waals surface area contributed by atoms with Gasteiger partial charge < -0.3 is 31.4 Å². The Labute approximate surface area is 253 Å². The van der Waals surface area contributed by atoms with Gasteiger partial charge in [0.15, 0.2) is 6.61 Å². The van der Waals surface area contributed by atoms with E-state index in [1.807, 2.05) is 0 Å². The van der Waals surface area contributed by atoms with E-state index >= 15 is 0 Å². The molecule has 3 amide bonds. The number of allylic oxidation sites excluding steroid dienone is 2. The normalized spacial score (nSPS) is 35.3. The average molecular weight is 599 g/mol. The smallest absolute Gasteiger partial charge is 0.326 e. The number of hydrogen-bond donors (Lipinski definition) is 5. The van der Waals surface area contributed by atoms with Crippen LogP contribution in [0.2, 0.25) is 0 Å². The summed E-state index contributed by atoms with van der Waals surface area (Å²) in [6.45, 7) is 7.54. The number of carbonyl (C=O) groups excluding carboxylic acids is 3. The monoisotopic (exact) mass is 598 g/mol. The molecule has 11 heteroatoms. The summed E-state index contributed by atoms with van der Waals surface area (Å²) in [5.41, 5.74) is 6.03. The number of carboxylic acids is 1. The summed E-state index contributed by atoms with van der Waals surface area (Å²) in [6.07, 6.45) is 14.7. The second-order valence-corrected chi connectivity index (χ2v) is 13.7. The highest BCUT2D eigenvalue weighted by molar-refractivity contribution is 5.96. The SMILES string of the molecule is C#C[C@@]1(O)CC[C@H]2[C@@H]3CCC4=C/C(=N\OCC(=O)N[C@@H](C(=O)N[C@@H](CC(N)=O)C(=O)O)C(C)C)CC[C@]4(C)[C@H]3CC[C@@]21C. The van der Waals surface area contributed by atoms with Crippen LogP contribution < -0.4 is 16.4 Å². The van der Waals surface area contributed by atoms with Crippen molar-refractivity contribution in [1.29, 1.82) is 0 Å². The molecule has 0 unspecified atom stereocenters. The third-order valence-electron chi connectivity index (χ3n) is 11.0. The van der Waals surface area contributed by atoms with Gasteiger partial charge in [0, 0.05) is 5.41 Å². The van der Waals surface area contributed by atoms with Crippen molar-refractivity contribution in [3.8, 4) is 12.3 Å². The Balaban J connectivity index is 1.35. The number of oxime groups is 1. The summed E-state index contributed by atoms with van der Waals surface area (Å²) >= 11 is 0. The number of nitrogens with one attached hydrogen (secondary N) is 2. The van der Waals surface area contributed by atoms with Crippen molar-refractivity contribution in [2.45, 2.75) is 103 Å². The molecule has 0 saturated heterocycles. The number of amides is 3. The molecule has 4 aliphatic rings. The lowest BCUT2D eigenvalue weighted by molar-refractivity contribution is -0.144. The molecule has 4 rings (SSSR count). The van der Waals surface area contributed by atoms with E-state index in [0.29, 0.717) is 30.6 Å².